The van der Waals surface area contributed by atoms with Crippen LogP contribution in [0.1, 0.15) is 32.1 Å². The van der Waals surface area contributed by atoms with Crippen molar-refractivity contribution in [1.82, 2.24) is 4.90 Å². The molecule has 3 atom stereocenters. The van der Waals surface area contributed by atoms with Gasteiger partial charge in [0.2, 0.25) is 5.91 Å². The number of amides is 1. The number of thiocarbonyl (C=S) groups is 1. The first-order valence-electron chi connectivity index (χ1n) is 6.08. The SMILES string of the molecule is CN(CC(N)=S)C(=O)CC1CC2CCC1C2. The fourth-order valence-corrected chi connectivity index (χ4v) is 3.52. The van der Waals surface area contributed by atoms with Crippen LogP contribution >= 0.6 is 12.2 Å². The third-order valence-corrected chi connectivity index (χ3v) is 4.27. The summed E-state index contributed by atoms with van der Waals surface area (Å²) in [4.78, 5) is 14.0. The minimum Gasteiger partial charge on any atom is -0.392 e. The van der Waals surface area contributed by atoms with Crippen molar-refractivity contribution in [1.29, 1.82) is 0 Å². The predicted molar refractivity (Wildman–Crippen MR) is 68.0 cm³/mol. The van der Waals surface area contributed by atoms with E-state index >= 15 is 0 Å². The van der Waals surface area contributed by atoms with Crippen molar-refractivity contribution < 1.29 is 4.79 Å². The zero-order chi connectivity index (χ0) is 11.7. The Hall–Kier alpha value is -0.640. The van der Waals surface area contributed by atoms with Crippen LogP contribution in [-0.4, -0.2) is 29.4 Å². The molecule has 3 nitrogen and oxygen atoms in total. The highest BCUT2D eigenvalue weighted by Crippen LogP contribution is 2.49. The second kappa shape index (κ2) is 4.70. The maximum atomic E-state index is 11.9. The van der Waals surface area contributed by atoms with Gasteiger partial charge in [-0.05, 0) is 37.0 Å². The van der Waals surface area contributed by atoms with E-state index in [0.717, 1.165) is 11.8 Å². The van der Waals surface area contributed by atoms with Crippen molar-refractivity contribution >= 4 is 23.1 Å². The van der Waals surface area contributed by atoms with E-state index in [9.17, 15) is 4.79 Å². The summed E-state index contributed by atoms with van der Waals surface area (Å²) < 4.78 is 0. The Morgan fingerprint density at radius 3 is 2.69 bits per heavy atom. The minimum atomic E-state index is 0.199. The predicted octanol–water partition coefficient (Wildman–Crippen LogP) is 1.56. The molecular formula is C12H20N2OS. The topological polar surface area (TPSA) is 46.3 Å². The number of rotatable bonds is 4. The quantitative estimate of drug-likeness (QED) is 0.759. The number of hydrogen-bond donors (Lipinski definition) is 1. The number of carbonyl (C=O) groups is 1. The average Bonchev–Trinajstić information content (AvgIpc) is 2.77. The molecule has 90 valence electrons. The van der Waals surface area contributed by atoms with Crippen LogP contribution in [0.25, 0.3) is 0 Å². The van der Waals surface area contributed by atoms with Crippen LogP contribution in [-0.2, 0) is 4.79 Å². The molecule has 0 aromatic heterocycles. The Morgan fingerprint density at radius 2 is 2.19 bits per heavy atom. The zero-order valence-corrected chi connectivity index (χ0v) is 10.6. The number of nitrogens with two attached hydrogens (primary N) is 1. The maximum absolute atomic E-state index is 11.9. The third-order valence-electron chi connectivity index (χ3n) is 4.14. The molecule has 0 saturated heterocycles. The summed E-state index contributed by atoms with van der Waals surface area (Å²) in [6.07, 6.45) is 6.04. The molecule has 1 amide bonds. The number of hydrogen-bond acceptors (Lipinski definition) is 2. The number of likely N-dealkylation sites (N-methyl/N-ethyl adjacent to an activating group) is 1. The van der Waals surface area contributed by atoms with Crippen LogP contribution < -0.4 is 5.73 Å². The summed E-state index contributed by atoms with van der Waals surface area (Å²) >= 11 is 4.81. The van der Waals surface area contributed by atoms with E-state index in [1.807, 2.05) is 0 Å². The van der Waals surface area contributed by atoms with Crippen LogP contribution in [0.4, 0.5) is 0 Å². The van der Waals surface area contributed by atoms with Crippen molar-refractivity contribution in [2.24, 2.45) is 23.5 Å². The number of nitrogens with zero attached hydrogens (tertiary/aromatic N) is 1. The molecule has 0 aromatic rings. The molecule has 3 unspecified atom stereocenters. The molecule has 2 saturated carbocycles. The van der Waals surface area contributed by atoms with Gasteiger partial charge in [-0.3, -0.25) is 4.79 Å². The summed E-state index contributed by atoms with van der Waals surface area (Å²) in [5.41, 5.74) is 5.44. The Balaban J connectivity index is 1.81. The molecule has 0 radical (unpaired) electrons. The molecule has 0 heterocycles. The summed E-state index contributed by atoms with van der Waals surface area (Å²) in [6.45, 7) is 0.412. The van der Waals surface area contributed by atoms with Crippen molar-refractivity contribution in [2.75, 3.05) is 13.6 Å². The normalized spacial score (nSPS) is 31.7. The second-order valence-corrected chi connectivity index (χ2v) is 5.88. The van der Waals surface area contributed by atoms with Gasteiger partial charge in [0.1, 0.15) is 0 Å². The van der Waals surface area contributed by atoms with Crippen LogP contribution in [0, 0.1) is 17.8 Å². The molecule has 2 aliphatic carbocycles. The molecule has 4 heteroatoms. The molecule has 2 bridgehead atoms. The van der Waals surface area contributed by atoms with Crippen LogP contribution in [0.3, 0.4) is 0 Å². The highest BCUT2D eigenvalue weighted by Gasteiger charge is 2.40. The Kier molecular flexibility index (Phi) is 3.47. The fourth-order valence-electron chi connectivity index (χ4n) is 3.33. The summed E-state index contributed by atoms with van der Waals surface area (Å²) in [5.74, 6) is 2.54. The Morgan fingerprint density at radius 1 is 1.44 bits per heavy atom. The lowest BCUT2D eigenvalue weighted by atomic mass is 9.86. The van der Waals surface area contributed by atoms with Gasteiger partial charge in [-0.1, -0.05) is 18.6 Å². The lowest BCUT2D eigenvalue weighted by Crippen LogP contribution is -2.35. The summed E-state index contributed by atoms with van der Waals surface area (Å²) in [6, 6.07) is 0. The lowest BCUT2D eigenvalue weighted by molar-refractivity contribution is -0.130. The number of fused-ring (bicyclic) bond motifs is 2. The van der Waals surface area contributed by atoms with Crippen molar-refractivity contribution in [3.63, 3.8) is 0 Å². The van der Waals surface area contributed by atoms with Gasteiger partial charge in [0.15, 0.2) is 0 Å². The molecule has 0 spiro atoms. The van der Waals surface area contributed by atoms with Gasteiger partial charge in [-0.25, -0.2) is 0 Å². The van der Waals surface area contributed by atoms with E-state index in [-0.39, 0.29) is 5.91 Å². The van der Waals surface area contributed by atoms with Crippen molar-refractivity contribution in [3.05, 3.63) is 0 Å². The molecule has 2 fully saturated rings. The maximum Gasteiger partial charge on any atom is 0.222 e. The molecule has 2 N–H and O–H groups in total. The fraction of sp³-hybridized carbons (Fsp3) is 0.833. The first-order chi connectivity index (χ1) is 7.56. The van der Waals surface area contributed by atoms with Crippen LogP contribution in [0.15, 0.2) is 0 Å². The molecule has 16 heavy (non-hydrogen) atoms. The van der Waals surface area contributed by atoms with Gasteiger partial charge in [0.25, 0.3) is 0 Å². The van der Waals surface area contributed by atoms with E-state index in [2.05, 4.69) is 0 Å². The number of carbonyl (C=O) groups excluding carboxylic acids is 1. The van der Waals surface area contributed by atoms with E-state index in [1.54, 1.807) is 11.9 Å². The molecule has 2 aliphatic rings. The molecule has 0 aromatic carbocycles. The van der Waals surface area contributed by atoms with Gasteiger partial charge in [-0.15, -0.1) is 0 Å². The van der Waals surface area contributed by atoms with Crippen molar-refractivity contribution in [3.8, 4) is 0 Å². The van der Waals surface area contributed by atoms with E-state index in [1.165, 1.54) is 25.7 Å². The minimum absolute atomic E-state index is 0.199. The van der Waals surface area contributed by atoms with Crippen molar-refractivity contribution in [2.45, 2.75) is 32.1 Å². The molecular weight excluding hydrogens is 220 g/mol. The van der Waals surface area contributed by atoms with Gasteiger partial charge < -0.3 is 10.6 Å². The van der Waals surface area contributed by atoms with E-state index in [4.69, 9.17) is 18.0 Å². The zero-order valence-electron chi connectivity index (χ0n) is 9.82. The standard InChI is InChI=1S/C12H20N2OS/c1-14(7-11(13)16)12(15)6-10-5-8-2-3-9(10)4-8/h8-10H,2-7H2,1H3,(H2,13,16). The van der Waals surface area contributed by atoms with E-state index < -0.39 is 0 Å². The average molecular weight is 240 g/mol. The largest absolute Gasteiger partial charge is 0.392 e. The van der Waals surface area contributed by atoms with Gasteiger partial charge in [0.05, 0.1) is 11.5 Å². The van der Waals surface area contributed by atoms with Crippen LogP contribution in [0.5, 0.6) is 0 Å². The molecule has 0 aliphatic heterocycles. The highest BCUT2D eigenvalue weighted by atomic mass is 32.1. The van der Waals surface area contributed by atoms with Gasteiger partial charge in [-0.2, -0.15) is 0 Å². The Labute approximate surface area is 102 Å². The van der Waals surface area contributed by atoms with Gasteiger partial charge in [0, 0.05) is 13.5 Å². The molecule has 2 rings (SSSR count). The third kappa shape index (κ3) is 2.54. The second-order valence-electron chi connectivity index (χ2n) is 5.36. The first-order valence-corrected chi connectivity index (χ1v) is 6.49. The smallest absolute Gasteiger partial charge is 0.222 e. The lowest BCUT2D eigenvalue weighted by Gasteiger charge is -2.24. The van der Waals surface area contributed by atoms with Gasteiger partial charge >= 0.3 is 0 Å². The summed E-state index contributed by atoms with van der Waals surface area (Å²) in [5, 5.41) is 0. The van der Waals surface area contributed by atoms with E-state index in [0.29, 0.717) is 23.9 Å². The van der Waals surface area contributed by atoms with Crippen LogP contribution in [0.2, 0.25) is 0 Å². The first kappa shape index (κ1) is 11.8. The highest BCUT2D eigenvalue weighted by molar-refractivity contribution is 7.80. The monoisotopic (exact) mass is 240 g/mol. The Bertz CT molecular complexity index is 305. The summed E-state index contributed by atoms with van der Waals surface area (Å²) in [7, 11) is 1.79.